The molecule has 2 rings (SSSR count). The average molecular weight is 226 g/mol. The van der Waals surface area contributed by atoms with E-state index in [1.807, 2.05) is 24.3 Å². The maximum Gasteiger partial charge on any atom is 0.267 e. The number of nitrogens with two attached hydrogens (primary N) is 2. The van der Waals surface area contributed by atoms with E-state index in [0.29, 0.717) is 0 Å². The Morgan fingerprint density at radius 3 is 2.47 bits per heavy atom. The number of rotatable bonds is 2. The number of hydrogen-bond acceptors (Lipinski definition) is 3. The Labute approximate surface area is 97.9 Å². The smallest absolute Gasteiger partial charge is 0.267 e. The van der Waals surface area contributed by atoms with Gasteiger partial charge < -0.3 is 16.0 Å². The summed E-state index contributed by atoms with van der Waals surface area (Å²) in [7, 11) is 0. The summed E-state index contributed by atoms with van der Waals surface area (Å²) in [6, 6.07) is 11.0. The molecule has 0 aliphatic heterocycles. The fourth-order valence-corrected chi connectivity index (χ4v) is 1.65. The number of benzene rings is 1. The second-order valence-electron chi connectivity index (χ2n) is 3.49. The van der Waals surface area contributed by atoms with Crippen LogP contribution in [0.25, 0.3) is 5.69 Å². The van der Waals surface area contributed by atoms with E-state index in [9.17, 15) is 4.79 Å². The molecule has 17 heavy (non-hydrogen) atoms. The molecule has 1 aromatic heterocycles. The van der Waals surface area contributed by atoms with Crippen LogP contribution in [-0.4, -0.2) is 10.5 Å². The van der Waals surface area contributed by atoms with E-state index in [1.54, 1.807) is 12.1 Å². The van der Waals surface area contributed by atoms with Crippen LogP contribution < -0.4 is 11.5 Å². The molecule has 0 atom stereocenters. The lowest BCUT2D eigenvalue weighted by Crippen LogP contribution is -2.17. The number of nitrogens with zero attached hydrogens (tertiary/aromatic N) is 2. The predicted octanol–water partition coefficient (Wildman–Crippen LogP) is 1.03. The molecule has 5 heteroatoms. The topological polar surface area (TPSA) is 97.8 Å². The molecule has 0 saturated carbocycles. The largest absolute Gasteiger partial charge is 0.396 e. The minimum absolute atomic E-state index is 0.115. The van der Waals surface area contributed by atoms with Gasteiger partial charge in [-0.05, 0) is 12.1 Å². The number of amides is 1. The first-order valence-electron chi connectivity index (χ1n) is 4.91. The van der Waals surface area contributed by atoms with Crippen molar-refractivity contribution >= 4 is 11.6 Å². The highest BCUT2D eigenvalue weighted by molar-refractivity contribution is 5.98. The first kappa shape index (κ1) is 10.8. The monoisotopic (exact) mass is 226 g/mol. The number of para-hydroxylation sites is 1. The summed E-state index contributed by atoms with van der Waals surface area (Å²) < 4.78 is 1.52. The van der Waals surface area contributed by atoms with Crippen molar-refractivity contribution in [2.24, 2.45) is 5.73 Å². The van der Waals surface area contributed by atoms with Gasteiger partial charge >= 0.3 is 0 Å². The summed E-state index contributed by atoms with van der Waals surface area (Å²) in [6.07, 6.45) is 1.50. The lowest BCUT2D eigenvalue weighted by Gasteiger charge is -2.06. The second-order valence-corrected chi connectivity index (χ2v) is 3.49. The van der Waals surface area contributed by atoms with Gasteiger partial charge in [-0.2, -0.15) is 5.26 Å². The molecule has 0 aliphatic rings. The van der Waals surface area contributed by atoms with Crippen LogP contribution in [0.2, 0.25) is 0 Å². The molecule has 4 N–H and O–H groups in total. The number of carbonyl (C=O) groups is 1. The third-order valence-electron chi connectivity index (χ3n) is 2.43. The van der Waals surface area contributed by atoms with Crippen molar-refractivity contribution in [1.82, 2.24) is 4.57 Å². The fourth-order valence-electron chi connectivity index (χ4n) is 1.65. The fraction of sp³-hybridized carbons (Fsp3) is 0. The Balaban J connectivity index is 2.71. The van der Waals surface area contributed by atoms with Crippen molar-refractivity contribution in [2.75, 3.05) is 5.73 Å². The maximum atomic E-state index is 11.4. The molecule has 2 aromatic rings. The zero-order valence-corrected chi connectivity index (χ0v) is 8.92. The lowest BCUT2D eigenvalue weighted by molar-refractivity contribution is 0.0995. The van der Waals surface area contributed by atoms with Crippen LogP contribution in [-0.2, 0) is 0 Å². The van der Waals surface area contributed by atoms with Gasteiger partial charge in [0.2, 0.25) is 0 Å². The Bertz CT molecular complexity index is 607. The van der Waals surface area contributed by atoms with Crippen LogP contribution in [0.1, 0.15) is 16.1 Å². The number of aromatic nitrogens is 1. The molecule has 0 fully saturated rings. The Hall–Kier alpha value is -2.74. The average Bonchev–Trinajstić information content (AvgIpc) is 2.67. The molecule has 0 bridgehead atoms. The van der Waals surface area contributed by atoms with Crippen LogP contribution >= 0.6 is 0 Å². The van der Waals surface area contributed by atoms with Crippen molar-refractivity contribution < 1.29 is 4.79 Å². The molecule has 1 amide bonds. The predicted molar refractivity (Wildman–Crippen MR) is 63.4 cm³/mol. The number of carbonyl (C=O) groups excluding carboxylic acids is 1. The number of primary amides is 1. The Morgan fingerprint density at radius 1 is 1.29 bits per heavy atom. The molecule has 0 radical (unpaired) electrons. The maximum absolute atomic E-state index is 11.4. The van der Waals surface area contributed by atoms with Gasteiger partial charge in [0.25, 0.3) is 5.91 Å². The van der Waals surface area contributed by atoms with Crippen LogP contribution in [0, 0.1) is 11.3 Å². The molecule has 0 spiro atoms. The van der Waals surface area contributed by atoms with Crippen LogP contribution in [0.5, 0.6) is 0 Å². The zero-order chi connectivity index (χ0) is 12.4. The first-order chi connectivity index (χ1) is 8.15. The van der Waals surface area contributed by atoms with Gasteiger partial charge in [-0.1, -0.05) is 18.2 Å². The summed E-state index contributed by atoms with van der Waals surface area (Å²) in [5.74, 6) is -0.659. The minimum Gasteiger partial charge on any atom is -0.396 e. The summed E-state index contributed by atoms with van der Waals surface area (Å²) in [6.45, 7) is 0. The highest BCUT2D eigenvalue weighted by Crippen LogP contribution is 2.23. The molecule has 84 valence electrons. The van der Waals surface area contributed by atoms with E-state index in [0.717, 1.165) is 5.69 Å². The van der Waals surface area contributed by atoms with E-state index < -0.39 is 5.91 Å². The van der Waals surface area contributed by atoms with E-state index in [4.69, 9.17) is 16.7 Å². The minimum atomic E-state index is -0.659. The van der Waals surface area contributed by atoms with Gasteiger partial charge in [0, 0.05) is 11.9 Å². The number of nitrogen functional groups attached to an aromatic ring is 1. The standard InChI is InChI=1S/C12H10N4O/c13-6-8-7-16(9-4-2-1-3-5-9)11(10(8)14)12(15)17/h1-5,7H,14H2,(H2,15,17). The van der Waals surface area contributed by atoms with Crippen molar-refractivity contribution in [3.05, 3.63) is 47.8 Å². The first-order valence-corrected chi connectivity index (χ1v) is 4.91. The van der Waals surface area contributed by atoms with Gasteiger partial charge in [-0.15, -0.1) is 0 Å². The normalized spacial score (nSPS) is 9.82. The van der Waals surface area contributed by atoms with Gasteiger partial charge in [0.05, 0.1) is 11.3 Å². The number of anilines is 1. The Morgan fingerprint density at radius 2 is 1.94 bits per heavy atom. The summed E-state index contributed by atoms with van der Waals surface area (Å²) >= 11 is 0. The molecular formula is C12H10N4O. The van der Waals surface area contributed by atoms with Crippen molar-refractivity contribution in [3.63, 3.8) is 0 Å². The molecule has 5 nitrogen and oxygen atoms in total. The Kier molecular flexibility index (Phi) is 2.55. The van der Waals surface area contributed by atoms with E-state index in [2.05, 4.69) is 0 Å². The van der Waals surface area contributed by atoms with Gasteiger partial charge in [-0.3, -0.25) is 4.79 Å². The third-order valence-corrected chi connectivity index (χ3v) is 2.43. The van der Waals surface area contributed by atoms with E-state index in [1.165, 1.54) is 10.8 Å². The molecule has 0 aliphatic carbocycles. The lowest BCUT2D eigenvalue weighted by atomic mass is 10.2. The summed E-state index contributed by atoms with van der Waals surface area (Å²) in [5.41, 5.74) is 12.2. The highest BCUT2D eigenvalue weighted by atomic mass is 16.1. The summed E-state index contributed by atoms with van der Waals surface area (Å²) in [4.78, 5) is 11.4. The van der Waals surface area contributed by atoms with Crippen LogP contribution in [0.15, 0.2) is 36.5 Å². The molecule has 0 unspecified atom stereocenters. The van der Waals surface area contributed by atoms with E-state index >= 15 is 0 Å². The van der Waals surface area contributed by atoms with Crippen LogP contribution in [0.3, 0.4) is 0 Å². The summed E-state index contributed by atoms with van der Waals surface area (Å²) in [5, 5.41) is 8.89. The third kappa shape index (κ3) is 1.72. The number of hydrogen-bond donors (Lipinski definition) is 2. The number of nitriles is 1. The molecule has 0 saturated heterocycles. The zero-order valence-electron chi connectivity index (χ0n) is 8.92. The van der Waals surface area contributed by atoms with Crippen LogP contribution in [0.4, 0.5) is 5.69 Å². The van der Waals surface area contributed by atoms with Gasteiger partial charge in [0.15, 0.2) is 0 Å². The van der Waals surface area contributed by atoms with Crippen molar-refractivity contribution in [3.8, 4) is 11.8 Å². The van der Waals surface area contributed by atoms with Gasteiger partial charge in [0.1, 0.15) is 11.8 Å². The van der Waals surface area contributed by atoms with Gasteiger partial charge in [-0.25, -0.2) is 0 Å². The molecule has 1 heterocycles. The quantitative estimate of drug-likeness (QED) is 0.800. The SMILES string of the molecule is N#Cc1cn(-c2ccccc2)c(C(N)=O)c1N. The molecular weight excluding hydrogens is 216 g/mol. The van der Waals surface area contributed by atoms with E-state index in [-0.39, 0.29) is 16.9 Å². The highest BCUT2D eigenvalue weighted by Gasteiger charge is 2.18. The second kappa shape index (κ2) is 4.02. The van der Waals surface area contributed by atoms with Crippen molar-refractivity contribution in [2.45, 2.75) is 0 Å². The molecule has 1 aromatic carbocycles. The van der Waals surface area contributed by atoms with Crippen molar-refractivity contribution in [1.29, 1.82) is 5.26 Å².